The number of hydrogen-bond acceptors (Lipinski definition) is 5. The van der Waals surface area contributed by atoms with Gasteiger partial charge < -0.3 is 19.5 Å². The number of amides is 1. The van der Waals surface area contributed by atoms with Gasteiger partial charge in [-0.15, -0.1) is 0 Å². The van der Waals surface area contributed by atoms with Crippen LogP contribution in [0.5, 0.6) is 5.75 Å². The lowest BCUT2D eigenvalue weighted by Crippen LogP contribution is -2.31. The highest BCUT2D eigenvalue weighted by molar-refractivity contribution is 6.46. The van der Waals surface area contributed by atoms with E-state index in [0.29, 0.717) is 42.1 Å². The Morgan fingerprint density at radius 2 is 1.75 bits per heavy atom. The second kappa shape index (κ2) is 11.2. The molecule has 0 spiro atoms. The van der Waals surface area contributed by atoms with Crippen molar-refractivity contribution < 1.29 is 28.6 Å². The van der Waals surface area contributed by atoms with Crippen LogP contribution in [-0.2, 0) is 20.9 Å². The van der Waals surface area contributed by atoms with Gasteiger partial charge in [-0.2, -0.15) is 0 Å². The number of likely N-dealkylation sites (tertiary alicyclic amines) is 1. The van der Waals surface area contributed by atoms with Gasteiger partial charge in [-0.3, -0.25) is 9.59 Å². The van der Waals surface area contributed by atoms with Crippen LogP contribution >= 0.6 is 0 Å². The molecule has 0 aliphatic carbocycles. The molecule has 186 valence electrons. The summed E-state index contributed by atoms with van der Waals surface area (Å²) in [4.78, 5) is 27.5. The van der Waals surface area contributed by atoms with E-state index in [1.54, 1.807) is 32.2 Å². The van der Waals surface area contributed by atoms with Crippen LogP contribution in [-0.4, -0.2) is 42.0 Å². The fraction of sp³-hybridized carbons (Fsp3) is 0.241. The Balaban J connectivity index is 1.68. The van der Waals surface area contributed by atoms with Crippen molar-refractivity contribution in [2.45, 2.75) is 26.0 Å². The number of carbonyl (C=O) groups excluding carboxylic acids is 2. The molecule has 1 unspecified atom stereocenters. The average molecular weight is 490 g/mol. The fourth-order valence-corrected chi connectivity index (χ4v) is 4.36. The summed E-state index contributed by atoms with van der Waals surface area (Å²) in [6.45, 7) is 2.85. The summed E-state index contributed by atoms with van der Waals surface area (Å²) < 4.78 is 24.6. The number of aliphatic hydroxyl groups excluding tert-OH is 1. The van der Waals surface area contributed by atoms with Crippen LogP contribution in [0, 0.1) is 12.7 Å². The van der Waals surface area contributed by atoms with E-state index in [0.717, 1.165) is 5.56 Å². The molecule has 0 aromatic heterocycles. The molecule has 1 atom stereocenters. The van der Waals surface area contributed by atoms with Crippen LogP contribution in [0.15, 0.2) is 78.4 Å². The zero-order valence-corrected chi connectivity index (χ0v) is 20.2. The van der Waals surface area contributed by atoms with Crippen LogP contribution in [0.1, 0.15) is 34.7 Å². The molecule has 6 nitrogen and oxygen atoms in total. The predicted octanol–water partition coefficient (Wildman–Crippen LogP) is 5.17. The van der Waals surface area contributed by atoms with Gasteiger partial charge in [0.05, 0.1) is 11.6 Å². The van der Waals surface area contributed by atoms with Crippen molar-refractivity contribution in [1.82, 2.24) is 4.90 Å². The maximum absolute atomic E-state index is 13.6. The molecule has 4 rings (SSSR count). The minimum Gasteiger partial charge on any atom is -0.507 e. The molecular formula is C29H28FNO5. The predicted molar refractivity (Wildman–Crippen MR) is 134 cm³/mol. The molecule has 1 aliphatic heterocycles. The molecule has 36 heavy (non-hydrogen) atoms. The minimum atomic E-state index is -0.837. The van der Waals surface area contributed by atoms with Crippen LogP contribution < -0.4 is 4.74 Å². The number of benzene rings is 3. The Labute approximate surface area is 209 Å². The maximum atomic E-state index is 13.6. The van der Waals surface area contributed by atoms with Gasteiger partial charge >= 0.3 is 0 Å². The standard InChI is InChI=1S/C29H28FNO5/c1-19-17-23(36-18-20-7-4-3-5-8-20)13-14-24(19)27(32)25-26(21-9-11-22(30)12-10-21)31(15-6-16-35-2)29(34)28(25)33/h3-5,7-14,17,26,32H,6,15-16,18H2,1-2H3. The summed E-state index contributed by atoms with van der Waals surface area (Å²) in [5.74, 6) is -1.57. The van der Waals surface area contributed by atoms with E-state index in [1.807, 2.05) is 30.3 Å². The van der Waals surface area contributed by atoms with E-state index < -0.39 is 23.5 Å². The van der Waals surface area contributed by atoms with Gasteiger partial charge in [-0.1, -0.05) is 42.5 Å². The van der Waals surface area contributed by atoms with Crippen molar-refractivity contribution in [3.8, 4) is 5.75 Å². The van der Waals surface area contributed by atoms with E-state index in [4.69, 9.17) is 9.47 Å². The van der Waals surface area contributed by atoms with Gasteiger partial charge in [0.2, 0.25) is 0 Å². The summed E-state index contributed by atoms with van der Waals surface area (Å²) in [7, 11) is 1.56. The Hall–Kier alpha value is -3.97. The second-order valence-corrected chi connectivity index (χ2v) is 8.64. The summed E-state index contributed by atoms with van der Waals surface area (Å²) in [6, 6.07) is 19.7. The third kappa shape index (κ3) is 5.31. The zero-order chi connectivity index (χ0) is 25.7. The highest BCUT2D eigenvalue weighted by Crippen LogP contribution is 2.40. The van der Waals surface area contributed by atoms with E-state index in [2.05, 4.69) is 0 Å². The summed E-state index contributed by atoms with van der Waals surface area (Å²) in [6.07, 6.45) is 0.508. The van der Waals surface area contributed by atoms with Crippen molar-refractivity contribution in [3.05, 3.63) is 106 Å². The highest BCUT2D eigenvalue weighted by Gasteiger charge is 2.45. The first-order chi connectivity index (χ1) is 17.4. The SMILES string of the molecule is COCCCN1C(=O)C(=O)C(=C(O)c2ccc(OCc3ccccc3)cc2C)C1c1ccc(F)cc1. The number of carbonyl (C=O) groups is 2. The Morgan fingerprint density at radius 3 is 2.42 bits per heavy atom. The molecule has 1 amide bonds. The number of aryl methyl sites for hydroxylation is 1. The number of methoxy groups -OCH3 is 1. The number of ketones is 1. The second-order valence-electron chi connectivity index (χ2n) is 8.64. The van der Waals surface area contributed by atoms with Crippen molar-refractivity contribution in [2.75, 3.05) is 20.3 Å². The van der Waals surface area contributed by atoms with Crippen LogP contribution in [0.3, 0.4) is 0 Å². The van der Waals surface area contributed by atoms with Gasteiger partial charge in [0, 0.05) is 25.8 Å². The Kier molecular flexibility index (Phi) is 7.80. The fourth-order valence-electron chi connectivity index (χ4n) is 4.36. The lowest BCUT2D eigenvalue weighted by atomic mass is 9.94. The highest BCUT2D eigenvalue weighted by atomic mass is 19.1. The number of ether oxygens (including phenoxy) is 2. The Morgan fingerprint density at radius 1 is 1.03 bits per heavy atom. The van der Waals surface area contributed by atoms with Gasteiger partial charge in [-0.05, 0) is 60.4 Å². The quantitative estimate of drug-likeness (QED) is 0.194. The van der Waals surface area contributed by atoms with Crippen molar-refractivity contribution in [1.29, 1.82) is 0 Å². The number of aliphatic hydroxyl groups is 1. The van der Waals surface area contributed by atoms with E-state index >= 15 is 0 Å². The molecular weight excluding hydrogens is 461 g/mol. The zero-order valence-electron chi connectivity index (χ0n) is 20.2. The third-order valence-electron chi connectivity index (χ3n) is 6.17. The van der Waals surface area contributed by atoms with Crippen molar-refractivity contribution >= 4 is 17.4 Å². The molecule has 3 aromatic rings. The molecule has 1 aliphatic rings. The first-order valence-electron chi connectivity index (χ1n) is 11.7. The summed E-state index contributed by atoms with van der Waals surface area (Å²) in [5.41, 5.74) is 2.64. The first kappa shape index (κ1) is 25.1. The summed E-state index contributed by atoms with van der Waals surface area (Å²) in [5, 5.41) is 11.3. The molecule has 0 radical (unpaired) electrons. The van der Waals surface area contributed by atoms with Gasteiger partial charge in [0.1, 0.15) is 23.9 Å². The smallest absolute Gasteiger partial charge is 0.295 e. The number of rotatable bonds is 9. The molecule has 3 aromatic carbocycles. The number of halogens is 1. The molecule has 0 bridgehead atoms. The minimum absolute atomic E-state index is 0.0231. The van der Waals surface area contributed by atoms with Gasteiger partial charge in [-0.25, -0.2) is 4.39 Å². The number of Topliss-reactive ketones (excluding diaryl/α,β-unsaturated/α-hetero) is 1. The third-order valence-corrected chi connectivity index (χ3v) is 6.17. The van der Waals surface area contributed by atoms with Crippen LogP contribution in [0.4, 0.5) is 4.39 Å². The monoisotopic (exact) mass is 489 g/mol. The van der Waals surface area contributed by atoms with Crippen molar-refractivity contribution in [2.24, 2.45) is 0 Å². The van der Waals surface area contributed by atoms with Crippen molar-refractivity contribution in [3.63, 3.8) is 0 Å². The summed E-state index contributed by atoms with van der Waals surface area (Å²) >= 11 is 0. The molecule has 1 heterocycles. The van der Waals surface area contributed by atoms with Crippen LogP contribution in [0.25, 0.3) is 5.76 Å². The van der Waals surface area contributed by atoms with E-state index in [9.17, 15) is 19.1 Å². The molecule has 0 saturated carbocycles. The topological polar surface area (TPSA) is 76.1 Å². The normalized spacial score (nSPS) is 17.0. The molecule has 1 N–H and O–H groups in total. The number of nitrogens with zero attached hydrogens (tertiary/aromatic N) is 1. The molecule has 1 fully saturated rings. The Bertz CT molecular complexity index is 1270. The van der Waals surface area contributed by atoms with E-state index in [-0.39, 0.29) is 17.9 Å². The maximum Gasteiger partial charge on any atom is 0.295 e. The number of hydrogen-bond donors (Lipinski definition) is 1. The molecule has 1 saturated heterocycles. The van der Waals surface area contributed by atoms with Gasteiger partial charge in [0.25, 0.3) is 11.7 Å². The molecule has 7 heteroatoms. The van der Waals surface area contributed by atoms with E-state index in [1.165, 1.54) is 29.2 Å². The van der Waals surface area contributed by atoms with Gasteiger partial charge in [0.15, 0.2) is 0 Å². The average Bonchev–Trinajstić information content (AvgIpc) is 3.13. The largest absolute Gasteiger partial charge is 0.507 e. The van der Waals surface area contributed by atoms with Crippen LogP contribution in [0.2, 0.25) is 0 Å². The lowest BCUT2D eigenvalue weighted by molar-refractivity contribution is -0.140. The first-order valence-corrected chi connectivity index (χ1v) is 11.7. The lowest BCUT2D eigenvalue weighted by Gasteiger charge is -2.25.